The summed E-state index contributed by atoms with van der Waals surface area (Å²) in [6, 6.07) is 4.56. The quantitative estimate of drug-likeness (QED) is 0.645. The fourth-order valence-electron chi connectivity index (χ4n) is 2.63. The number of nitrogens with one attached hydrogen (secondary N) is 1. The molecule has 1 aromatic carbocycles. The number of nitrogens with zero attached hydrogens (tertiary/aromatic N) is 1. The maximum absolute atomic E-state index is 13.5. The molecule has 2 unspecified atom stereocenters. The molecule has 6 heteroatoms. The SMILES string of the molecule is CCSC1CCCC1NCc1ccc([N+](=O)[O-])c(F)c1. The molecule has 4 nitrogen and oxygen atoms in total. The third kappa shape index (κ3) is 3.70. The lowest BCUT2D eigenvalue weighted by Gasteiger charge is -2.20. The molecule has 0 amide bonds. The lowest BCUT2D eigenvalue weighted by molar-refractivity contribution is -0.387. The Bertz CT molecular complexity index is 484. The van der Waals surface area contributed by atoms with Gasteiger partial charge in [-0.25, -0.2) is 0 Å². The van der Waals surface area contributed by atoms with E-state index in [-0.39, 0.29) is 0 Å². The van der Waals surface area contributed by atoms with Crippen molar-refractivity contribution in [3.8, 4) is 0 Å². The molecule has 0 aliphatic heterocycles. The minimum Gasteiger partial charge on any atom is -0.309 e. The molecule has 1 fully saturated rings. The maximum Gasteiger partial charge on any atom is 0.304 e. The Kier molecular flexibility index (Phi) is 5.37. The average molecular weight is 298 g/mol. The first-order chi connectivity index (χ1) is 9.61. The summed E-state index contributed by atoms with van der Waals surface area (Å²) in [4.78, 5) is 9.87. The largest absolute Gasteiger partial charge is 0.309 e. The summed E-state index contributed by atoms with van der Waals surface area (Å²) in [5.74, 6) is 0.342. The van der Waals surface area contributed by atoms with Crippen molar-refractivity contribution in [3.63, 3.8) is 0 Å². The molecular weight excluding hydrogens is 279 g/mol. The predicted octanol–water partition coefficient (Wildman–Crippen LogP) is 3.50. The first kappa shape index (κ1) is 15.3. The van der Waals surface area contributed by atoms with Gasteiger partial charge in [-0.1, -0.05) is 19.4 Å². The number of nitro benzene ring substituents is 1. The van der Waals surface area contributed by atoms with Crippen molar-refractivity contribution in [1.29, 1.82) is 0 Å². The van der Waals surface area contributed by atoms with Gasteiger partial charge in [0.1, 0.15) is 0 Å². The van der Waals surface area contributed by atoms with E-state index >= 15 is 0 Å². The van der Waals surface area contributed by atoms with Gasteiger partial charge < -0.3 is 5.32 Å². The highest BCUT2D eigenvalue weighted by atomic mass is 32.2. The van der Waals surface area contributed by atoms with Crippen LogP contribution in [0.15, 0.2) is 18.2 Å². The minimum absolute atomic E-state index is 0.457. The number of halogens is 1. The van der Waals surface area contributed by atoms with Crippen LogP contribution in [0.3, 0.4) is 0 Å². The van der Waals surface area contributed by atoms with E-state index in [1.54, 1.807) is 6.07 Å². The van der Waals surface area contributed by atoms with Gasteiger partial charge in [-0.3, -0.25) is 10.1 Å². The van der Waals surface area contributed by atoms with E-state index < -0.39 is 16.4 Å². The van der Waals surface area contributed by atoms with E-state index in [1.165, 1.54) is 25.0 Å². The third-order valence-corrected chi connectivity index (χ3v) is 4.94. The molecule has 1 aliphatic carbocycles. The van der Waals surface area contributed by atoms with Crippen LogP contribution in [-0.4, -0.2) is 22.0 Å². The topological polar surface area (TPSA) is 55.2 Å². The van der Waals surface area contributed by atoms with Crippen molar-refractivity contribution in [1.82, 2.24) is 5.32 Å². The van der Waals surface area contributed by atoms with Crippen molar-refractivity contribution in [2.75, 3.05) is 5.75 Å². The normalized spacial score (nSPS) is 22.1. The number of thioether (sulfide) groups is 1. The highest BCUT2D eigenvalue weighted by Gasteiger charge is 2.26. The van der Waals surface area contributed by atoms with Crippen LogP contribution in [0.2, 0.25) is 0 Å². The van der Waals surface area contributed by atoms with Gasteiger partial charge in [0.2, 0.25) is 5.82 Å². The maximum atomic E-state index is 13.5. The summed E-state index contributed by atoms with van der Waals surface area (Å²) in [7, 11) is 0. The van der Waals surface area contributed by atoms with Crippen LogP contribution >= 0.6 is 11.8 Å². The van der Waals surface area contributed by atoms with E-state index in [0.29, 0.717) is 17.8 Å². The van der Waals surface area contributed by atoms with E-state index in [4.69, 9.17) is 0 Å². The van der Waals surface area contributed by atoms with Gasteiger partial charge >= 0.3 is 5.69 Å². The van der Waals surface area contributed by atoms with Crippen LogP contribution in [0.4, 0.5) is 10.1 Å². The highest BCUT2D eigenvalue weighted by Crippen LogP contribution is 2.30. The molecule has 1 aliphatic rings. The van der Waals surface area contributed by atoms with Gasteiger partial charge in [0.15, 0.2) is 0 Å². The fraction of sp³-hybridized carbons (Fsp3) is 0.571. The second-order valence-electron chi connectivity index (χ2n) is 4.95. The molecule has 110 valence electrons. The molecule has 0 saturated heterocycles. The number of nitro groups is 1. The Hall–Kier alpha value is -1.14. The van der Waals surface area contributed by atoms with Crippen molar-refractivity contribution in [3.05, 3.63) is 39.7 Å². The monoisotopic (exact) mass is 298 g/mol. The molecule has 0 aromatic heterocycles. The van der Waals surface area contributed by atoms with Gasteiger partial charge in [0, 0.05) is 23.9 Å². The van der Waals surface area contributed by atoms with E-state index in [2.05, 4.69) is 12.2 Å². The highest BCUT2D eigenvalue weighted by molar-refractivity contribution is 7.99. The first-order valence-electron chi connectivity index (χ1n) is 6.89. The van der Waals surface area contributed by atoms with Gasteiger partial charge in [0.05, 0.1) is 4.92 Å². The van der Waals surface area contributed by atoms with Crippen molar-refractivity contribution in [2.45, 2.75) is 44.0 Å². The van der Waals surface area contributed by atoms with E-state index in [9.17, 15) is 14.5 Å². The molecule has 20 heavy (non-hydrogen) atoms. The Balaban J connectivity index is 1.94. The van der Waals surface area contributed by atoms with Crippen molar-refractivity contribution < 1.29 is 9.31 Å². The Morgan fingerprint density at radius 2 is 2.30 bits per heavy atom. The van der Waals surface area contributed by atoms with E-state index in [0.717, 1.165) is 17.7 Å². The van der Waals surface area contributed by atoms with E-state index in [1.807, 2.05) is 11.8 Å². The van der Waals surface area contributed by atoms with Crippen LogP contribution in [0.25, 0.3) is 0 Å². The molecule has 0 heterocycles. The smallest absolute Gasteiger partial charge is 0.304 e. The van der Waals surface area contributed by atoms with Crippen LogP contribution in [0.1, 0.15) is 31.7 Å². The molecule has 2 rings (SSSR count). The second-order valence-corrected chi connectivity index (χ2v) is 6.47. The van der Waals surface area contributed by atoms with Crippen LogP contribution in [0, 0.1) is 15.9 Å². The molecule has 2 atom stereocenters. The standard InChI is InChI=1S/C14H19FN2O2S/c1-2-20-14-5-3-4-12(14)16-9-10-6-7-13(17(18)19)11(15)8-10/h6-8,12,14,16H,2-5,9H2,1H3. The summed E-state index contributed by atoms with van der Waals surface area (Å²) in [5.41, 5.74) is 0.286. The van der Waals surface area contributed by atoms with Gasteiger partial charge in [-0.2, -0.15) is 16.2 Å². The lowest BCUT2D eigenvalue weighted by Crippen LogP contribution is -2.33. The summed E-state index contributed by atoms with van der Waals surface area (Å²) in [5, 5.41) is 14.6. The fourth-order valence-corrected chi connectivity index (χ4v) is 3.86. The summed E-state index contributed by atoms with van der Waals surface area (Å²) in [6.07, 6.45) is 3.60. The third-order valence-electron chi connectivity index (χ3n) is 3.61. The zero-order valence-corrected chi connectivity index (χ0v) is 12.3. The molecule has 1 saturated carbocycles. The van der Waals surface area contributed by atoms with Crippen molar-refractivity contribution >= 4 is 17.4 Å². The van der Waals surface area contributed by atoms with Crippen LogP contribution in [0.5, 0.6) is 0 Å². The van der Waals surface area contributed by atoms with Gasteiger partial charge in [0.25, 0.3) is 0 Å². The summed E-state index contributed by atoms with van der Waals surface area (Å²) >= 11 is 1.97. The second kappa shape index (κ2) is 7.04. The minimum atomic E-state index is -0.764. The zero-order chi connectivity index (χ0) is 14.5. The number of rotatable bonds is 6. The van der Waals surface area contributed by atoms with Gasteiger partial charge in [-0.15, -0.1) is 0 Å². The Morgan fingerprint density at radius 3 is 2.95 bits per heavy atom. The number of hydrogen-bond acceptors (Lipinski definition) is 4. The average Bonchev–Trinajstić information content (AvgIpc) is 2.84. The lowest BCUT2D eigenvalue weighted by atomic mass is 10.1. The number of benzene rings is 1. The zero-order valence-electron chi connectivity index (χ0n) is 11.5. The summed E-state index contributed by atoms with van der Waals surface area (Å²) in [6.45, 7) is 2.71. The molecule has 0 radical (unpaired) electrons. The van der Waals surface area contributed by atoms with Crippen LogP contribution < -0.4 is 5.32 Å². The van der Waals surface area contributed by atoms with Gasteiger partial charge in [-0.05, 0) is 30.2 Å². The first-order valence-corrected chi connectivity index (χ1v) is 7.94. The molecular formula is C14H19FN2O2S. The summed E-state index contributed by atoms with van der Waals surface area (Å²) < 4.78 is 13.5. The molecule has 0 spiro atoms. The van der Waals surface area contributed by atoms with Crippen molar-refractivity contribution in [2.24, 2.45) is 0 Å². The predicted molar refractivity (Wildman–Crippen MR) is 79.5 cm³/mol. The van der Waals surface area contributed by atoms with Crippen LogP contribution in [-0.2, 0) is 6.54 Å². The molecule has 1 N–H and O–H groups in total. The molecule has 0 bridgehead atoms. The number of hydrogen-bond donors (Lipinski definition) is 1. The molecule has 1 aromatic rings. The Labute approximate surface area is 122 Å². The Morgan fingerprint density at radius 1 is 1.50 bits per heavy atom.